The third kappa shape index (κ3) is 3.10. The van der Waals surface area contributed by atoms with Crippen molar-refractivity contribution in [3.05, 3.63) is 59.4 Å². The first kappa shape index (κ1) is 17.8. The summed E-state index contributed by atoms with van der Waals surface area (Å²) in [5, 5.41) is 9.01. The highest BCUT2D eigenvalue weighted by molar-refractivity contribution is 6.06. The zero-order valence-electron chi connectivity index (χ0n) is 13.7. The molecule has 0 aromatic heterocycles. The molecule has 0 bridgehead atoms. The maximum absolute atomic E-state index is 14.4. The van der Waals surface area contributed by atoms with E-state index in [9.17, 15) is 22.8 Å². The Morgan fingerprint density at radius 1 is 1.08 bits per heavy atom. The van der Waals surface area contributed by atoms with E-state index < -0.39 is 29.3 Å². The van der Waals surface area contributed by atoms with Crippen LogP contribution in [0.4, 0.5) is 29.3 Å². The Labute approximate surface area is 147 Å². The van der Waals surface area contributed by atoms with Crippen LogP contribution < -0.4 is 9.80 Å². The first-order valence-corrected chi connectivity index (χ1v) is 7.79. The lowest BCUT2D eigenvalue weighted by molar-refractivity contribution is 0.0175. The molecule has 2 aromatic carbocycles. The Kier molecular flexibility index (Phi) is 4.35. The van der Waals surface area contributed by atoms with Crippen LogP contribution in [0.3, 0.4) is 0 Å². The fourth-order valence-electron chi connectivity index (χ4n) is 2.83. The van der Waals surface area contributed by atoms with Crippen molar-refractivity contribution < 1.29 is 27.9 Å². The van der Waals surface area contributed by atoms with Crippen molar-refractivity contribution in [3.63, 3.8) is 0 Å². The maximum atomic E-state index is 14.4. The Hall–Kier alpha value is -3.03. The Balaban J connectivity index is 1.87. The predicted molar refractivity (Wildman–Crippen MR) is 89.5 cm³/mol. The van der Waals surface area contributed by atoms with Gasteiger partial charge < -0.3 is 5.11 Å². The van der Waals surface area contributed by atoms with Gasteiger partial charge in [0, 0.05) is 31.3 Å². The number of rotatable bonds is 4. The Morgan fingerprint density at radius 3 is 2.27 bits per heavy atom. The lowest BCUT2D eigenvalue weighted by Gasteiger charge is -2.20. The molecule has 1 N–H and O–H groups in total. The van der Waals surface area contributed by atoms with Crippen LogP contribution in [0.5, 0.6) is 0 Å². The van der Waals surface area contributed by atoms with Gasteiger partial charge in [-0.3, -0.25) is 9.80 Å². The van der Waals surface area contributed by atoms with Crippen molar-refractivity contribution in [1.82, 2.24) is 0 Å². The second-order valence-corrected chi connectivity index (χ2v) is 5.96. The average molecular weight is 364 g/mol. The number of halogens is 3. The number of nitrogens with zero attached hydrogens (tertiary/aromatic N) is 2. The van der Waals surface area contributed by atoms with E-state index in [0.29, 0.717) is 5.69 Å². The van der Waals surface area contributed by atoms with Gasteiger partial charge >= 0.3 is 12.0 Å². The normalized spacial score (nSPS) is 14.8. The number of hydrogen-bond donors (Lipinski definition) is 1. The second-order valence-electron chi connectivity index (χ2n) is 5.96. The number of carbonyl (C=O) groups is 2. The highest BCUT2D eigenvalue weighted by Gasteiger charge is 2.33. The molecule has 0 saturated carbocycles. The van der Waals surface area contributed by atoms with Crippen LogP contribution in [0.25, 0.3) is 0 Å². The maximum Gasteiger partial charge on any atom is 0.338 e. The number of urea groups is 1. The molecular formula is C18H15F3N2O3. The number of amides is 2. The number of carboxylic acids is 1. The van der Waals surface area contributed by atoms with Crippen molar-refractivity contribution in [2.24, 2.45) is 0 Å². The van der Waals surface area contributed by atoms with E-state index in [0.717, 1.165) is 17.9 Å². The number of alkyl halides is 2. The van der Waals surface area contributed by atoms with Crippen LogP contribution in [0, 0.1) is 5.82 Å². The number of benzene rings is 2. The van der Waals surface area contributed by atoms with Gasteiger partial charge in [0.25, 0.3) is 5.92 Å². The van der Waals surface area contributed by atoms with Crippen molar-refractivity contribution >= 4 is 23.4 Å². The van der Waals surface area contributed by atoms with Crippen LogP contribution in [0.2, 0.25) is 0 Å². The SMILES string of the molecule is CC(F)(F)c1ccc(N2CCN(c3cccc(C(=O)O)c3F)C2=O)cc1. The third-order valence-corrected chi connectivity index (χ3v) is 4.19. The number of carbonyl (C=O) groups excluding carboxylic acids is 1. The van der Waals surface area contributed by atoms with Gasteiger partial charge in [0.2, 0.25) is 0 Å². The van der Waals surface area contributed by atoms with E-state index in [2.05, 4.69) is 0 Å². The number of carboxylic acid groups (broad SMARTS) is 1. The van der Waals surface area contributed by atoms with E-state index in [-0.39, 0.29) is 24.3 Å². The van der Waals surface area contributed by atoms with Gasteiger partial charge in [0.15, 0.2) is 5.82 Å². The summed E-state index contributed by atoms with van der Waals surface area (Å²) in [6, 6.07) is 8.51. The molecule has 3 rings (SSSR count). The Morgan fingerprint density at radius 2 is 1.69 bits per heavy atom. The topological polar surface area (TPSA) is 60.9 Å². The molecule has 2 amide bonds. The molecule has 0 radical (unpaired) electrons. The molecule has 0 aliphatic carbocycles. The zero-order valence-corrected chi connectivity index (χ0v) is 13.7. The summed E-state index contributed by atoms with van der Waals surface area (Å²) < 4.78 is 41.0. The summed E-state index contributed by atoms with van der Waals surface area (Å²) in [5.74, 6) is -5.40. The summed E-state index contributed by atoms with van der Waals surface area (Å²) in [7, 11) is 0. The smallest absolute Gasteiger partial charge is 0.338 e. The van der Waals surface area contributed by atoms with Crippen molar-refractivity contribution in [2.75, 3.05) is 22.9 Å². The van der Waals surface area contributed by atoms with Crippen molar-refractivity contribution in [3.8, 4) is 0 Å². The van der Waals surface area contributed by atoms with Gasteiger partial charge in [-0.25, -0.2) is 22.8 Å². The zero-order chi connectivity index (χ0) is 19.1. The number of anilines is 2. The molecule has 5 nitrogen and oxygen atoms in total. The Bertz CT molecular complexity index is 863. The monoisotopic (exact) mass is 364 g/mol. The molecule has 1 fully saturated rings. The van der Waals surface area contributed by atoms with Crippen LogP contribution in [0.1, 0.15) is 22.8 Å². The molecule has 0 unspecified atom stereocenters. The van der Waals surface area contributed by atoms with Crippen LogP contribution >= 0.6 is 0 Å². The average Bonchev–Trinajstić information content (AvgIpc) is 2.95. The lowest BCUT2D eigenvalue weighted by atomic mass is 10.1. The van der Waals surface area contributed by atoms with E-state index >= 15 is 0 Å². The standard InChI is InChI=1S/C18H15F3N2O3/c1-18(20,21)11-5-7-12(8-6-11)22-9-10-23(17(22)26)14-4-2-3-13(15(14)19)16(24)25/h2-8H,9-10H2,1H3,(H,24,25). The molecule has 0 spiro atoms. The van der Waals surface area contributed by atoms with Crippen LogP contribution in [0.15, 0.2) is 42.5 Å². The highest BCUT2D eigenvalue weighted by atomic mass is 19.3. The molecule has 1 aliphatic heterocycles. The summed E-state index contributed by atoms with van der Waals surface area (Å²) in [4.78, 5) is 26.1. The number of hydrogen-bond acceptors (Lipinski definition) is 2. The summed E-state index contributed by atoms with van der Waals surface area (Å²) in [6.45, 7) is 1.14. The van der Waals surface area contributed by atoms with Crippen molar-refractivity contribution in [2.45, 2.75) is 12.8 Å². The van der Waals surface area contributed by atoms with Gasteiger partial charge in [-0.15, -0.1) is 0 Å². The first-order valence-electron chi connectivity index (χ1n) is 7.79. The lowest BCUT2D eigenvalue weighted by Crippen LogP contribution is -2.32. The van der Waals surface area contributed by atoms with Crippen LogP contribution in [-0.2, 0) is 5.92 Å². The molecule has 136 valence electrons. The van der Waals surface area contributed by atoms with Gasteiger partial charge in [-0.1, -0.05) is 18.2 Å². The minimum absolute atomic E-state index is 0.130. The third-order valence-electron chi connectivity index (χ3n) is 4.19. The largest absolute Gasteiger partial charge is 0.478 e. The summed E-state index contributed by atoms with van der Waals surface area (Å²) in [5.41, 5.74) is -0.428. The fraction of sp³-hybridized carbons (Fsp3) is 0.222. The highest BCUT2D eigenvalue weighted by Crippen LogP contribution is 2.31. The molecule has 0 atom stereocenters. The predicted octanol–water partition coefficient (Wildman–Crippen LogP) is 4.08. The van der Waals surface area contributed by atoms with Gasteiger partial charge in [0.1, 0.15) is 0 Å². The molecular weight excluding hydrogens is 349 g/mol. The van der Waals surface area contributed by atoms with Gasteiger partial charge in [-0.2, -0.15) is 0 Å². The summed E-state index contributed by atoms with van der Waals surface area (Å²) >= 11 is 0. The van der Waals surface area contributed by atoms with E-state index in [1.165, 1.54) is 41.3 Å². The minimum Gasteiger partial charge on any atom is -0.478 e. The van der Waals surface area contributed by atoms with Gasteiger partial charge in [0.05, 0.1) is 11.3 Å². The fourth-order valence-corrected chi connectivity index (χ4v) is 2.83. The molecule has 8 heteroatoms. The molecule has 1 heterocycles. The van der Waals surface area contributed by atoms with Gasteiger partial charge in [-0.05, 0) is 24.3 Å². The van der Waals surface area contributed by atoms with Crippen molar-refractivity contribution in [1.29, 1.82) is 0 Å². The van der Waals surface area contributed by atoms with Crippen LogP contribution in [-0.4, -0.2) is 30.2 Å². The molecule has 1 saturated heterocycles. The molecule has 1 aliphatic rings. The summed E-state index contributed by atoms with van der Waals surface area (Å²) in [6.07, 6.45) is 0. The van der Waals surface area contributed by atoms with E-state index in [1.807, 2.05) is 0 Å². The second kappa shape index (κ2) is 6.36. The first-order chi connectivity index (χ1) is 12.2. The van der Waals surface area contributed by atoms with E-state index in [4.69, 9.17) is 5.11 Å². The van der Waals surface area contributed by atoms with E-state index in [1.54, 1.807) is 0 Å². The molecule has 26 heavy (non-hydrogen) atoms. The quantitative estimate of drug-likeness (QED) is 0.889. The molecule has 2 aromatic rings. The minimum atomic E-state index is -2.99. The number of aromatic carboxylic acids is 1.